The molecule has 4 rings (SSSR count). The van der Waals surface area contributed by atoms with Gasteiger partial charge in [-0.15, -0.1) is 11.8 Å². The molecule has 3 heterocycles. The highest BCUT2D eigenvalue weighted by molar-refractivity contribution is 8.03. The van der Waals surface area contributed by atoms with E-state index in [-0.39, 0.29) is 36.4 Å². The quantitative estimate of drug-likeness (QED) is 0.173. The van der Waals surface area contributed by atoms with Gasteiger partial charge in [0.15, 0.2) is 12.6 Å². The Morgan fingerprint density at radius 3 is 2.50 bits per heavy atom. The molecule has 0 unspecified atom stereocenters. The number of amides is 1. The molecule has 8 atom stereocenters. The first-order valence-electron chi connectivity index (χ1n) is 11.4. The van der Waals surface area contributed by atoms with Crippen LogP contribution < -0.4 is 5.32 Å². The molecule has 0 saturated carbocycles. The number of aliphatic hydroxyl groups is 6. The number of rotatable bonds is 7. The average molecular weight is 534 g/mol. The normalized spacial score (nSPS) is 40.7. The molecule has 0 bridgehead atoms. The Kier molecular flexibility index (Phi) is 7.96. The molecule has 0 aromatic heterocycles. The average Bonchev–Trinajstić information content (AvgIpc) is 3.13. The topological polar surface area (TPSA) is 204 Å². The van der Waals surface area contributed by atoms with Crippen molar-refractivity contribution in [3.8, 4) is 0 Å². The van der Waals surface area contributed by atoms with Gasteiger partial charge in [-0.25, -0.2) is 0 Å². The molecule has 14 heteroatoms. The highest BCUT2D eigenvalue weighted by Crippen LogP contribution is 2.47. The fourth-order valence-electron chi connectivity index (χ4n) is 4.38. The highest BCUT2D eigenvalue weighted by atomic mass is 32.2. The van der Waals surface area contributed by atoms with E-state index in [1.807, 2.05) is 13.8 Å². The van der Waals surface area contributed by atoms with E-state index < -0.39 is 67.3 Å². The minimum Gasteiger partial charge on any atom is -0.393 e. The zero-order chi connectivity index (χ0) is 26.4. The lowest BCUT2D eigenvalue weighted by Crippen LogP contribution is -2.59. The van der Waals surface area contributed by atoms with Gasteiger partial charge in [-0.3, -0.25) is 9.59 Å². The molecule has 3 aliphatic heterocycles. The maximum absolute atomic E-state index is 12.6. The van der Waals surface area contributed by atoms with Gasteiger partial charge >= 0.3 is 0 Å². The molecule has 0 aromatic carbocycles. The molecule has 36 heavy (non-hydrogen) atoms. The number of carbonyl (C=O) groups excluding carboxylic acids is 2. The van der Waals surface area contributed by atoms with Crippen molar-refractivity contribution >= 4 is 23.5 Å². The third-order valence-electron chi connectivity index (χ3n) is 6.84. The Balaban J connectivity index is 1.39. The van der Waals surface area contributed by atoms with E-state index in [0.717, 1.165) is 0 Å². The SMILES string of the molecule is CC1(C)C(CO[C@@H]2O[C@H](CO[C@@H]3OC[C@](O)(CO)[C@H]3O)[C@@H](O)[C@H](O)[C@H]2O)=CC(=O)C2=C1SCC(=O)N2. The number of aliphatic hydroxyl groups excluding tert-OH is 5. The highest BCUT2D eigenvalue weighted by Gasteiger charge is 2.50. The van der Waals surface area contributed by atoms with Crippen molar-refractivity contribution in [2.45, 2.75) is 62.5 Å². The summed E-state index contributed by atoms with van der Waals surface area (Å²) in [6, 6.07) is 0. The van der Waals surface area contributed by atoms with Gasteiger partial charge < -0.3 is 54.9 Å². The minimum absolute atomic E-state index is 0.157. The number of hydrogen-bond donors (Lipinski definition) is 7. The van der Waals surface area contributed by atoms with E-state index >= 15 is 0 Å². The van der Waals surface area contributed by atoms with Crippen molar-refractivity contribution in [3.63, 3.8) is 0 Å². The third-order valence-corrected chi connectivity index (χ3v) is 8.25. The summed E-state index contributed by atoms with van der Waals surface area (Å²) >= 11 is 1.27. The van der Waals surface area contributed by atoms with Crippen LogP contribution in [0.25, 0.3) is 0 Å². The first-order valence-corrected chi connectivity index (χ1v) is 12.4. The van der Waals surface area contributed by atoms with Crippen molar-refractivity contribution in [2.75, 3.05) is 32.2 Å². The van der Waals surface area contributed by atoms with Crippen molar-refractivity contribution < 1.29 is 59.2 Å². The van der Waals surface area contributed by atoms with Gasteiger partial charge in [-0.2, -0.15) is 0 Å². The molecule has 7 N–H and O–H groups in total. The summed E-state index contributed by atoms with van der Waals surface area (Å²) in [5.74, 6) is -0.463. The lowest BCUT2D eigenvalue weighted by Gasteiger charge is -2.42. The summed E-state index contributed by atoms with van der Waals surface area (Å²) in [6.07, 6.45) is -8.99. The number of ether oxygens (including phenoxy) is 4. The predicted octanol–water partition coefficient (Wildman–Crippen LogP) is -3.12. The van der Waals surface area contributed by atoms with Crippen LogP contribution in [0.1, 0.15) is 13.8 Å². The Labute approximate surface area is 210 Å². The maximum atomic E-state index is 12.6. The summed E-state index contributed by atoms with van der Waals surface area (Å²) in [7, 11) is 0. The van der Waals surface area contributed by atoms with Gasteiger partial charge in [0.25, 0.3) is 0 Å². The number of thioether (sulfide) groups is 1. The number of nitrogens with one attached hydrogen (secondary N) is 1. The molecule has 2 fully saturated rings. The Hall–Kier alpha value is -1.43. The monoisotopic (exact) mass is 533 g/mol. The lowest BCUT2D eigenvalue weighted by atomic mass is 9.78. The Morgan fingerprint density at radius 1 is 1.11 bits per heavy atom. The molecular weight excluding hydrogens is 502 g/mol. The zero-order valence-electron chi connectivity index (χ0n) is 19.7. The summed E-state index contributed by atoms with van der Waals surface area (Å²) in [6.45, 7) is 2.03. The molecule has 0 radical (unpaired) electrons. The van der Waals surface area contributed by atoms with Crippen LogP contribution in [0.2, 0.25) is 0 Å². The lowest BCUT2D eigenvalue weighted by molar-refractivity contribution is -0.308. The summed E-state index contributed by atoms with van der Waals surface area (Å²) < 4.78 is 21.9. The minimum atomic E-state index is -1.90. The zero-order valence-corrected chi connectivity index (χ0v) is 20.5. The van der Waals surface area contributed by atoms with Crippen LogP contribution >= 0.6 is 11.8 Å². The number of carbonyl (C=O) groups is 2. The fourth-order valence-corrected chi connectivity index (χ4v) is 5.51. The van der Waals surface area contributed by atoms with E-state index in [4.69, 9.17) is 18.9 Å². The molecule has 1 aliphatic carbocycles. The van der Waals surface area contributed by atoms with E-state index in [1.54, 1.807) is 0 Å². The number of allylic oxidation sites excluding steroid dienone is 2. The van der Waals surface area contributed by atoms with Gasteiger partial charge in [0.2, 0.25) is 11.7 Å². The van der Waals surface area contributed by atoms with E-state index in [0.29, 0.717) is 10.5 Å². The van der Waals surface area contributed by atoms with Crippen LogP contribution in [0.3, 0.4) is 0 Å². The second kappa shape index (κ2) is 10.4. The molecule has 202 valence electrons. The molecule has 1 amide bonds. The maximum Gasteiger partial charge on any atom is 0.234 e. The van der Waals surface area contributed by atoms with Gasteiger partial charge in [-0.05, 0) is 11.6 Å². The largest absolute Gasteiger partial charge is 0.393 e. The molecule has 13 nitrogen and oxygen atoms in total. The molecule has 2 saturated heterocycles. The smallest absolute Gasteiger partial charge is 0.234 e. The molecular formula is C22H31NO12S. The summed E-state index contributed by atoms with van der Waals surface area (Å²) in [5.41, 5.74) is -1.77. The fraction of sp³-hybridized carbons (Fsp3) is 0.727. The van der Waals surface area contributed by atoms with Crippen LogP contribution in [0.4, 0.5) is 0 Å². The standard InChI is InChI=1S/C22H31NO12S/c1-21(2)9(3-10(25)13-18(21)36-6-12(26)23-13)4-32-19-16(29)15(28)14(27)11(35-19)5-33-20-17(30)22(31,7-24)8-34-20/h3,11,14-17,19-20,24,27-31H,4-8H2,1-2H3,(H,23,26)/t11-,14-,15+,16-,17+,19-,20-,22-/m1/s1. The van der Waals surface area contributed by atoms with Crippen molar-refractivity contribution in [1.82, 2.24) is 5.32 Å². The van der Waals surface area contributed by atoms with Crippen molar-refractivity contribution in [2.24, 2.45) is 5.41 Å². The third kappa shape index (κ3) is 5.00. The first-order chi connectivity index (χ1) is 16.9. The second-order valence-corrected chi connectivity index (χ2v) is 10.7. The van der Waals surface area contributed by atoms with Crippen LogP contribution in [-0.4, -0.2) is 123 Å². The predicted molar refractivity (Wildman–Crippen MR) is 121 cm³/mol. The number of ketones is 1. The number of hydrogen-bond acceptors (Lipinski definition) is 13. The van der Waals surface area contributed by atoms with Gasteiger partial charge in [0.05, 0.1) is 37.9 Å². The van der Waals surface area contributed by atoms with Crippen LogP contribution in [-0.2, 0) is 28.5 Å². The molecule has 0 spiro atoms. The molecule has 4 aliphatic rings. The van der Waals surface area contributed by atoms with Gasteiger partial charge in [0.1, 0.15) is 36.1 Å². The van der Waals surface area contributed by atoms with Crippen LogP contribution in [0.5, 0.6) is 0 Å². The van der Waals surface area contributed by atoms with E-state index in [9.17, 15) is 40.2 Å². The Bertz CT molecular complexity index is 953. The second-order valence-electron chi connectivity index (χ2n) is 9.74. The summed E-state index contributed by atoms with van der Waals surface area (Å²) in [4.78, 5) is 25.0. The van der Waals surface area contributed by atoms with Gasteiger partial charge in [0, 0.05) is 10.3 Å². The Morgan fingerprint density at radius 2 is 1.83 bits per heavy atom. The van der Waals surface area contributed by atoms with Crippen molar-refractivity contribution in [1.29, 1.82) is 0 Å². The summed E-state index contributed by atoms with van der Waals surface area (Å²) in [5, 5.41) is 63.1. The first kappa shape index (κ1) is 27.6. The molecule has 0 aromatic rings. The van der Waals surface area contributed by atoms with Crippen LogP contribution in [0.15, 0.2) is 22.3 Å². The van der Waals surface area contributed by atoms with Crippen LogP contribution in [0, 0.1) is 5.41 Å². The van der Waals surface area contributed by atoms with Gasteiger partial charge in [-0.1, -0.05) is 13.8 Å². The van der Waals surface area contributed by atoms with E-state index in [1.165, 1.54) is 17.8 Å². The van der Waals surface area contributed by atoms with Crippen molar-refractivity contribution in [3.05, 3.63) is 22.3 Å². The van der Waals surface area contributed by atoms with E-state index in [2.05, 4.69) is 5.32 Å².